The van der Waals surface area contributed by atoms with Gasteiger partial charge in [-0.3, -0.25) is 4.79 Å². The molecule has 0 aliphatic rings. The molecule has 88 valence electrons. The Hall–Kier alpha value is -0.480. The van der Waals surface area contributed by atoms with Gasteiger partial charge in [-0.1, -0.05) is 5.75 Å². The van der Waals surface area contributed by atoms with Crippen LogP contribution in [0, 0.1) is 5.82 Å². The van der Waals surface area contributed by atoms with E-state index >= 15 is 0 Å². The molecule has 1 N–H and O–H groups in total. The van der Waals surface area contributed by atoms with E-state index in [1.165, 1.54) is 12.1 Å². The van der Waals surface area contributed by atoms with E-state index in [2.05, 4.69) is 22.9 Å². The van der Waals surface area contributed by atoms with Crippen molar-refractivity contribution in [2.24, 2.45) is 0 Å². The zero-order valence-corrected chi connectivity index (χ0v) is 12.3. The monoisotopic (exact) mass is 288 g/mol. The Labute approximate surface area is 126 Å². The van der Waals surface area contributed by atoms with Gasteiger partial charge in [0.25, 0.3) is 0 Å². The maximum atomic E-state index is 12.3. The van der Waals surface area contributed by atoms with Crippen molar-refractivity contribution in [3.63, 3.8) is 0 Å². The third kappa shape index (κ3) is 11.8. The van der Waals surface area contributed by atoms with Gasteiger partial charge in [0.1, 0.15) is 11.6 Å². The van der Waals surface area contributed by atoms with Gasteiger partial charge in [0.15, 0.2) is 0 Å². The van der Waals surface area contributed by atoms with E-state index < -0.39 is 16.4 Å². The fourth-order valence-electron chi connectivity index (χ4n) is 0.629. The molecule has 0 radical (unpaired) electrons. The summed E-state index contributed by atoms with van der Waals surface area (Å²) in [6.45, 7) is 0. The number of pyridine rings is 1. The van der Waals surface area contributed by atoms with E-state index in [1.807, 2.05) is 0 Å². The molecule has 0 aliphatic carbocycles. The van der Waals surface area contributed by atoms with Gasteiger partial charge in [-0.05, 0) is 12.1 Å². The zero-order chi connectivity index (χ0) is 12.6. The molecule has 10 heteroatoms. The van der Waals surface area contributed by atoms with Crippen LogP contribution >= 0.6 is 0 Å². The number of carbonyl (C=O) groups excluding carboxylic acids is 1. The molecule has 1 rings (SSSR count). The van der Waals surface area contributed by atoms with Crippen molar-refractivity contribution in [2.75, 3.05) is 11.1 Å². The Balaban J connectivity index is 0. The fourth-order valence-corrected chi connectivity index (χ4v) is 0.701. The van der Waals surface area contributed by atoms with Crippen LogP contribution in [0.1, 0.15) is 0 Å². The third-order valence-electron chi connectivity index (χ3n) is 1.13. The molecule has 1 amide bonds. The Morgan fingerprint density at radius 1 is 1.41 bits per heavy atom. The molecule has 0 fully saturated rings. The van der Waals surface area contributed by atoms with Crippen LogP contribution in [-0.4, -0.2) is 29.3 Å². The maximum Gasteiger partial charge on any atom is 1.00 e. The van der Waals surface area contributed by atoms with E-state index in [0.29, 0.717) is 5.82 Å². The first kappa shape index (κ1) is 18.9. The van der Waals surface area contributed by atoms with Crippen molar-refractivity contribution in [1.82, 2.24) is 4.98 Å². The van der Waals surface area contributed by atoms with Crippen LogP contribution in [0.15, 0.2) is 18.3 Å². The molecule has 6 nitrogen and oxygen atoms in total. The SMILES string of the molecule is O=C(C[S-])Nc1ccc(F)cn1.O=S(=O)=O.[Na+]. The second kappa shape index (κ2) is 10.7. The summed E-state index contributed by atoms with van der Waals surface area (Å²) in [7, 11) is -3.11. The standard InChI is InChI=1S/C7H7FN2OS.Na.O3S/c8-5-1-2-6(9-3-5)10-7(11)4-12;;1-4(2)3/h1-3,12H,4H2,(H,9,10,11);;/q;+1;/p-1. The summed E-state index contributed by atoms with van der Waals surface area (Å²) in [5.41, 5.74) is 0. The van der Waals surface area contributed by atoms with Crippen molar-refractivity contribution in [1.29, 1.82) is 0 Å². The molecule has 0 bridgehead atoms. The van der Waals surface area contributed by atoms with Gasteiger partial charge in [0.05, 0.1) is 6.20 Å². The Kier molecular flexibility index (Phi) is 11.8. The van der Waals surface area contributed by atoms with Crippen LogP contribution in [-0.2, 0) is 28.0 Å². The number of nitrogens with zero attached hydrogens (tertiary/aromatic N) is 1. The molecule has 1 heterocycles. The minimum Gasteiger partial charge on any atom is -0.783 e. The Morgan fingerprint density at radius 3 is 2.29 bits per heavy atom. The molecule has 0 saturated heterocycles. The summed E-state index contributed by atoms with van der Waals surface area (Å²) >= 11 is 4.49. The molecule has 1 aromatic rings. The first-order valence-electron chi connectivity index (χ1n) is 3.72. The largest absolute Gasteiger partial charge is 1.00 e. The van der Waals surface area contributed by atoms with Crippen LogP contribution in [0.25, 0.3) is 0 Å². The van der Waals surface area contributed by atoms with Gasteiger partial charge in [-0.2, -0.15) is 0 Å². The second-order valence-corrected chi connectivity index (χ2v) is 2.96. The third-order valence-corrected chi connectivity index (χ3v) is 1.39. The molecule has 0 aromatic carbocycles. The normalized spacial score (nSPS) is 8.12. The number of nitrogens with one attached hydrogen (secondary N) is 1. The van der Waals surface area contributed by atoms with Crippen molar-refractivity contribution >= 4 is 35.0 Å². The summed E-state index contributed by atoms with van der Waals surface area (Å²) in [5, 5.41) is 2.40. The molecule has 17 heavy (non-hydrogen) atoms. The quantitative estimate of drug-likeness (QED) is 0.453. The number of aromatic nitrogens is 1. The van der Waals surface area contributed by atoms with Gasteiger partial charge < -0.3 is 17.9 Å². The van der Waals surface area contributed by atoms with Crippen LogP contribution in [0.5, 0.6) is 0 Å². The molecule has 0 atom stereocenters. The molecule has 1 aromatic heterocycles. The number of anilines is 1. The van der Waals surface area contributed by atoms with Crippen LogP contribution in [0.3, 0.4) is 0 Å². The van der Waals surface area contributed by atoms with E-state index in [4.69, 9.17) is 12.6 Å². The number of hydrogen-bond donors (Lipinski definition) is 1. The van der Waals surface area contributed by atoms with Gasteiger partial charge in [0, 0.05) is 0 Å². The van der Waals surface area contributed by atoms with E-state index in [9.17, 15) is 9.18 Å². The molecule has 0 aliphatic heterocycles. The van der Waals surface area contributed by atoms with Crippen LogP contribution in [0.4, 0.5) is 10.2 Å². The van der Waals surface area contributed by atoms with Crippen molar-refractivity contribution in [2.45, 2.75) is 0 Å². The summed E-state index contributed by atoms with van der Waals surface area (Å²) in [5.74, 6) is -0.472. The molecular formula is C7H6FN2NaO4S2. The second-order valence-electron chi connectivity index (χ2n) is 2.26. The summed E-state index contributed by atoms with van der Waals surface area (Å²) in [6.07, 6.45) is 1.03. The molecular weight excluding hydrogens is 282 g/mol. The number of amides is 1. The average Bonchev–Trinajstić information content (AvgIpc) is 2.20. The first-order chi connectivity index (χ1) is 7.45. The van der Waals surface area contributed by atoms with E-state index in [1.54, 1.807) is 0 Å². The van der Waals surface area contributed by atoms with Crippen LogP contribution < -0.4 is 34.9 Å². The molecule has 0 spiro atoms. The Bertz CT molecular complexity index is 443. The first-order valence-corrected chi connectivity index (χ1v) is 5.29. The minimum atomic E-state index is -3.11. The minimum absolute atomic E-state index is 0. The number of halogens is 1. The molecule has 0 saturated carbocycles. The number of carbonyl (C=O) groups is 1. The van der Waals surface area contributed by atoms with Gasteiger partial charge in [-0.25, -0.2) is 9.37 Å². The zero-order valence-electron chi connectivity index (χ0n) is 8.71. The van der Waals surface area contributed by atoms with E-state index in [0.717, 1.165) is 6.20 Å². The van der Waals surface area contributed by atoms with Crippen molar-refractivity contribution < 1.29 is 51.4 Å². The van der Waals surface area contributed by atoms with Gasteiger partial charge >= 0.3 is 40.2 Å². The summed E-state index contributed by atoms with van der Waals surface area (Å²) in [4.78, 5) is 14.3. The predicted octanol–water partition coefficient (Wildman–Crippen LogP) is -3.29. The summed E-state index contributed by atoms with van der Waals surface area (Å²) < 4.78 is 37.6. The predicted molar refractivity (Wildman–Crippen MR) is 54.8 cm³/mol. The number of hydrogen-bond acceptors (Lipinski definition) is 6. The smallest absolute Gasteiger partial charge is 0.783 e. The van der Waals surface area contributed by atoms with Crippen LogP contribution in [0.2, 0.25) is 0 Å². The topological polar surface area (TPSA) is 93.2 Å². The summed E-state index contributed by atoms with van der Waals surface area (Å²) in [6, 6.07) is 2.59. The maximum absolute atomic E-state index is 12.3. The Morgan fingerprint density at radius 2 is 1.94 bits per heavy atom. The average molecular weight is 288 g/mol. The fraction of sp³-hybridized carbons (Fsp3) is 0.143. The van der Waals surface area contributed by atoms with Crippen molar-refractivity contribution in [3.8, 4) is 0 Å². The van der Waals surface area contributed by atoms with Crippen molar-refractivity contribution in [3.05, 3.63) is 24.1 Å². The van der Waals surface area contributed by atoms with Gasteiger partial charge in [-0.15, -0.1) is 12.6 Å². The van der Waals surface area contributed by atoms with Gasteiger partial charge in [0.2, 0.25) is 5.91 Å². The molecule has 0 unspecified atom stereocenters. The van der Waals surface area contributed by atoms with E-state index in [-0.39, 0.29) is 41.2 Å². The number of rotatable bonds is 2.